The smallest absolute Gasteiger partial charge is 0.108 e. The van der Waals surface area contributed by atoms with E-state index in [2.05, 4.69) is 52.9 Å². The number of nitrogens with zero attached hydrogens (tertiary/aromatic N) is 1. The second kappa shape index (κ2) is 6.91. The van der Waals surface area contributed by atoms with Crippen molar-refractivity contribution in [3.05, 3.63) is 71.3 Å². The standard InChI is InChI=1S/C19H20BrN/c1-3-7-17-15(4-2)10-11-16-8-5-6-9-18(16)19(17,14-21)12-13-20/h3-9H,2,10-13H2,1H3/b7-3-. The van der Waals surface area contributed by atoms with E-state index in [1.165, 1.54) is 11.1 Å². The monoisotopic (exact) mass is 341 g/mol. The van der Waals surface area contributed by atoms with Gasteiger partial charge in [-0.25, -0.2) is 0 Å². The maximum atomic E-state index is 10.1. The summed E-state index contributed by atoms with van der Waals surface area (Å²) in [5.74, 6) is 0. The van der Waals surface area contributed by atoms with Gasteiger partial charge in [-0.05, 0) is 48.5 Å². The minimum Gasteiger partial charge on any atom is -0.197 e. The van der Waals surface area contributed by atoms with Gasteiger partial charge in [-0.2, -0.15) is 5.26 Å². The lowest BCUT2D eigenvalue weighted by molar-refractivity contribution is 0.634. The summed E-state index contributed by atoms with van der Waals surface area (Å²) in [7, 11) is 0. The number of alkyl halides is 1. The molecule has 0 saturated heterocycles. The van der Waals surface area contributed by atoms with Crippen molar-refractivity contribution >= 4 is 15.9 Å². The number of hydrogen-bond donors (Lipinski definition) is 0. The summed E-state index contributed by atoms with van der Waals surface area (Å²) < 4.78 is 0. The van der Waals surface area contributed by atoms with Crippen LogP contribution < -0.4 is 0 Å². The van der Waals surface area contributed by atoms with E-state index >= 15 is 0 Å². The Morgan fingerprint density at radius 1 is 1.38 bits per heavy atom. The molecule has 0 N–H and O–H groups in total. The van der Waals surface area contributed by atoms with E-state index in [4.69, 9.17) is 0 Å². The van der Waals surface area contributed by atoms with Crippen LogP contribution in [0.2, 0.25) is 0 Å². The summed E-state index contributed by atoms with van der Waals surface area (Å²) in [6.07, 6.45) is 8.69. The molecule has 1 aromatic rings. The predicted molar refractivity (Wildman–Crippen MR) is 92.5 cm³/mol. The first-order chi connectivity index (χ1) is 10.2. The van der Waals surface area contributed by atoms with Crippen LogP contribution in [-0.2, 0) is 11.8 Å². The molecule has 1 aliphatic rings. The van der Waals surface area contributed by atoms with Gasteiger partial charge >= 0.3 is 0 Å². The molecule has 1 unspecified atom stereocenters. The minimum absolute atomic E-state index is 0.591. The Hall–Kier alpha value is -1.59. The number of nitriles is 1. The van der Waals surface area contributed by atoms with Gasteiger partial charge in [0, 0.05) is 5.33 Å². The van der Waals surface area contributed by atoms with Crippen LogP contribution in [0.5, 0.6) is 0 Å². The summed E-state index contributed by atoms with van der Waals surface area (Å²) in [5.41, 5.74) is 4.13. The Morgan fingerprint density at radius 3 is 2.76 bits per heavy atom. The van der Waals surface area contributed by atoms with Gasteiger partial charge in [0.25, 0.3) is 0 Å². The van der Waals surface area contributed by atoms with Crippen LogP contribution >= 0.6 is 15.9 Å². The molecule has 108 valence electrons. The molecule has 1 aliphatic carbocycles. The first kappa shape index (κ1) is 15.8. The van der Waals surface area contributed by atoms with E-state index in [-0.39, 0.29) is 0 Å². The van der Waals surface area contributed by atoms with Crippen molar-refractivity contribution in [2.24, 2.45) is 0 Å². The molecule has 1 atom stereocenters. The maximum Gasteiger partial charge on any atom is 0.108 e. The Kier molecular flexibility index (Phi) is 5.20. The average molecular weight is 342 g/mol. The van der Waals surface area contributed by atoms with Gasteiger partial charge in [-0.1, -0.05) is 65.0 Å². The second-order valence-electron chi connectivity index (χ2n) is 5.26. The van der Waals surface area contributed by atoms with Crippen molar-refractivity contribution in [3.8, 4) is 6.07 Å². The van der Waals surface area contributed by atoms with Gasteiger partial charge in [-0.15, -0.1) is 0 Å². The average Bonchev–Trinajstić information content (AvgIpc) is 2.64. The summed E-state index contributed by atoms with van der Waals surface area (Å²) in [5, 5.41) is 10.9. The SMILES string of the molecule is C=CC1=C(/C=C\C)C(C#N)(CCBr)c2ccccc2CC1. The van der Waals surface area contributed by atoms with E-state index < -0.39 is 5.41 Å². The van der Waals surface area contributed by atoms with Gasteiger partial charge in [0.2, 0.25) is 0 Å². The molecule has 1 nitrogen and oxygen atoms in total. The fourth-order valence-corrected chi connectivity index (χ4v) is 3.79. The van der Waals surface area contributed by atoms with Gasteiger partial charge in [0.15, 0.2) is 0 Å². The minimum atomic E-state index is -0.591. The van der Waals surface area contributed by atoms with E-state index in [1.54, 1.807) is 0 Å². The normalized spacial score (nSPS) is 21.8. The zero-order valence-corrected chi connectivity index (χ0v) is 14.0. The van der Waals surface area contributed by atoms with Crippen LogP contribution in [0.1, 0.15) is 30.9 Å². The zero-order valence-electron chi connectivity index (χ0n) is 12.4. The number of rotatable bonds is 4. The molecule has 0 amide bonds. The van der Waals surface area contributed by atoms with E-state index in [9.17, 15) is 5.26 Å². The molecule has 2 heteroatoms. The molecule has 0 bridgehead atoms. The van der Waals surface area contributed by atoms with Crippen molar-refractivity contribution in [2.75, 3.05) is 5.33 Å². The number of aryl methyl sites for hydroxylation is 1. The highest BCUT2D eigenvalue weighted by Crippen LogP contribution is 2.43. The molecule has 0 heterocycles. The highest BCUT2D eigenvalue weighted by molar-refractivity contribution is 9.09. The maximum absolute atomic E-state index is 10.1. The molecule has 21 heavy (non-hydrogen) atoms. The molecule has 2 rings (SSSR count). The number of benzene rings is 1. The van der Waals surface area contributed by atoms with Crippen molar-refractivity contribution in [3.63, 3.8) is 0 Å². The van der Waals surface area contributed by atoms with Crippen LogP contribution in [-0.4, -0.2) is 5.33 Å². The Balaban J connectivity index is 2.80. The number of halogens is 1. The molecule has 0 radical (unpaired) electrons. The quantitative estimate of drug-likeness (QED) is 0.687. The lowest BCUT2D eigenvalue weighted by atomic mass is 9.71. The summed E-state index contributed by atoms with van der Waals surface area (Å²) >= 11 is 3.54. The third-order valence-corrected chi connectivity index (χ3v) is 4.58. The summed E-state index contributed by atoms with van der Waals surface area (Å²) in [6, 6.07) is 11.0. The lowest BCUT2D eigenvalue weighted by Gasteiger charge is -2.30. The Bertz CT molecular complexity index is 633. The lowest BCUT2D eigenvalue weighted by Crippen LogP contribution is -2.28. The molecule has 0 spiro atoms. The second-order valence-corrected chi connectivity index (χ2v) is 6.05. The van der Waals surface area contributed by atoms with Gasteiger partial charge in [-0.3, -0.25) is 0 Å². The molecule has 0 aliphatic heterocycles. The fourth-order valence-electron chi connectivity index (χ4n) is 3.19. The Morgan fingerprint density at radius 2 is 2.14 bits per heavy atom. The Labute approximate surface area is 135 Å². The van der Waals surface area contributed by atoms with E-state index in [0.29, 0.717) is 0 Å². The van der Waals surface area contributed by atoms with Crippen molar-refractivity contribution < 1.29 is 0 Å². The van der Waals surface area contributed by atoms with Gasteiger partial charge in [0.05, 0.1) is 6.07 Å². The molecule has 0 aromatic heterocycles. The first-order valence-corrected chi connectivity index (χ1v) is 8.40. The van der Waals surface area contributed by atoms with Gasteiger partial charge < -0.3 is 0 Å². The molecule has 0 saturated carbocycles. The topological polar surface area (TPSA) is 23.8 Å². The third-order valence-electron chi connectivity index (χ3n) is 4.19. The largest absolute Gasteiger partial charge is 0.197 e. The van der Waals surface area contributed by atoms with E-state index in [0.717, 1.165) is 35.7 Å². The van der Waals surface area contributed by atoms with Crippen molar-refractivity contribution in [2.45, 2.75) is 31.6 Å². The summed E-state index contributed by atoms with van der Waals surface area (Å²) in [4.78, 5) is 0. The highest BCUT2D eigenvalue weighted by Gasteiger charge is 2.39. The number of fused-ring (bicyclic) bond motifs is 1. The zero-order chi connectivity index (χ0) is 15.3. The molecule has 0 fully saturated rings. The van der Waals surface area contributed by atoms with E-state index in [1.807, 2.05) is 25.1 Å². The number of allylic oxidation sites excluding steroid dienone is 5. The van der Waals surface area contributed by atoms with Gasteiger partial charge in [0.1, 0.15) is 5.41 Å². The number of hydrogen-bond acceptors (Lipinski definition) is 1. The van der Waals surface area contributed by atoms with Crippen LogP contribution in [0.4, 0.5) is 0 Å². The third kappa shape index (κ3) is 2.76. The van der Waals surface area contributed by atoms with Crippen LogP contribution in [0.3, 0.4) is 0 Å². The highest BCUT2D eigenvalue weighted by atomic mass is 79.9. The van der Waals surface area contributed by atoms with Crippen molar-refractivity contribution in [1.82, 2.24) is 0 Å². The summed E-state index contributed by atoms with van der Waals surface area (Å²) in [6.45, 7) is 5.97. The van der Waals surface area contributed by atoms with Crippen LogP contribution in [0.15, 0.2) is 60.2 Å². The molecular weight excluding hydrogens is 322 g/mol. The molecular formula is C19H20BrN. The van der Waals surface area contributed by atoms with Crippen LogP contribution in [0.25, 0.3) is 0 Å². The molecule has 1 aromatic carbocycles. The first-order valence-electron chi connectivity index (χ1n) is 7.28. The predicted octanol–water partition coefficient (Wildman–Crippen LogP) is 5.24. The van der Waals surface area contributed by atoms with Crippen LogP contribution in [0, 0.1) is 11.3 Å². The van der Waals surface area contributed by atoms with Crippen molar-refractivity contribution in [1.29, 1.82) is 5.26 Å². The fraction of sp³-hybridized carbons (Fsp3) is 0.316.